The number of anilines is 1. The van der Waals surface area contributed by atoms with Crippen LogP contribution in [0.3, 0.4) is 0 Å². The summed E-state index contributed by atoms with van der Waals surface area (Å²) >= 11 is 8.25. The molecule has 0 unspecified atom stereocenters. The van der Waals surface area contributed by atoms with Crippen molar-refractivity contribution in [3.05, 3.63) is 110 Å². The zero-order valence-electron chi connectivity index (χ0n) is 25.1. The monoisotopic (exact) mass is 741 g/mol. The number of carbonyl (C=O) groups excluding carboxylic acids is 2. The summed E-state index contributed by atoms with van der Waals surface area (Å²) in [6, 6.07) is 23.6. The molecule has 0 atom stereocenters. The molecular formula is C34H33ClIN3O6. The van der Waals surface area contributed by atoms with Crippen LogP contribution in [0.2, 0.25) is 5.02 Å². The molecule has 4 aromatic rings. The summed E-state index contributed by atoms with van der Waals surface area (Å²) < 4.78 is 24.0. The second kappa shape index (κ2) is 16.7. The van der Waals surface area contributed by atoms with E-state index in [1.54, 1.807) is 42.5 Å². The van der Waals surface area contributed by atoms with Crippen LogP contribution in [0.25, 0.3) is 0 Å². The van der Waals surface area contributed by atoms with Gasteiger partial charge in [-0.3, -0.25) is 9.59 Å². The summed E-state index contributed by atoms with van der Waals surface area (Å²) in [6.45, 7) is 6.53. The smallest absolute Gasteiger partial charge is 0.271 e. The SMILES string of the molecule is CCOc1cc(C(=O)N/N=C/c2cc(I)c(OCC(=O)Nc3ccc(C)c(Cl)c3)c(OCC)c2)ccc1OCc1ccccc1. The van der Waals surface area contributed by atoms with Gasteiger partial charge in [-0.05, 0) is 103 Å². The van der Waals surface area contributed by atoms with Gasteiger partial charge in [0.2, 0.25) is 0 Å². The number of rotatable bonds is 14. The van der Waals surface area contributed by atoms with Crippen molar-refractivity contribution in [1.82, 2.24) is 5.43 Å². The number of amides is 2. The Morgan fingerprint density at radius 2 is 1.62 bits per heavy atom. The lowest BCUT2D eigenvalue weighted by atomic mass is 10.2. The number of aryl methyl sites for hydroxylation is 1. The molecule has 234 valence electrons. The van der Waals surface area contributed by atoms with Gasteiger partial charge in [0.05, 0.1) is 23.0 Å². The van der Waals surface area contributed by atoms with Crippen LogP contribution < -0.4 is 29.7 Å². The number of hydrogen-bond donors (Lipinski definition) is 2. The minimum absolute atomic E-state index is 0.231. The van der Waals surface area contributed by atoms with Crippen molar-refractivity contribution < 1.29 is 28.5 Å². The summed E-state index contributed by atoms with van der Waals surface area (Å²) in [5.41, 5.74) is 6.09. The predicted octanol–water partition coefficient (Wildman–Crippen LogP) is 7.41. The van der Waals surface area contributed by atoms with Crippen LogP contribution in [-0.4, -0.2) is 37.8 Å². The maximum atomic E-state index is 12.9. The third kappa shape index (κ3) is 9.85. The second-order valence-corrected chi connectivity index (χ2v) is 11.2. The highest BCUT2D eigenvalue weighted by Crippen LogP contribution is 2.34. The average Bonchev–Trinajstić information content (AvgIpc) is 3.02. The zero-order valence-corrected chi connectivity index (χ0v) is 28.0. The van der Waals surface area contributed by atoms with Gasteiger partial charge >= 0.3 is 0 Å². The first-order valence-electron chi connectivity index (χ1n) is 14.2. The van der Waals surface area contributed by atoms with E-state index in [2.05, 4.69) is 38.4 Å². The average molecular weight is 742 g/mol. The van der Waals surface area contributed by atoms with Gasteiger partial charge in [-0.1, -0.05) is 48.0 Å². The van der Waals surface area contributed by atoms with Crippen molar-refractivity contribution in [1.29, 1.82) is 0 Å². The largest absolute Gasteiger partial charge is 0.490 e. The Kier molecular flexibility index (Phi) is 12.5. The first-order valence-corrected chi connectivity index (χ1v) is 15.6. The molecule has 0 aliphatic rings. The number of hydrogen-bond acceptors (Lipinski definition) is 7. The molecule has 0 saturated heterocycles. The molecule has 2 amide bonds. The van der Waals surface area contributed by atoms with Gasteiger partial charge < -0.3 is 24.3 Å². The number of carbonyl (C=O) groups is 2. The summed E-state index contributed by atoms with van der Waals surface area (Å²) in [5, 5.41) is 7.46. The summed E-state index contributed by atoms with van der Waals surface area (Å²) in [5.74, 6) is 1.11. The van der Waals surface area contributed by atoms with E-state index in [1.165, 1.54) is 6.21 Å². The van der Waals surface area contributed by atoms with E-state index in [4.69, 9.17) is 30.5 Å². The first kappa shape index (κ1) is 33.6. The van der Waals surface area contributed by atoms with E-state index in [9.17, 15) is 9.59 Å². The second-order valence-electron chi connectivity index (χ2n) is 9.63. The Morgan fingerprint density at radius 1 is 0.867 bits per heavy atom. The molecule has 0 heterocycles. The molecule has 0 radical (unpaired) electrons. The van der Waals surface area contributed by atoms with Crippen LogP contribution in [-0.2, 0) is 11.4 Å². The number of hydrazone groups is 1. The number of benzene rings is 4. The van der Waals surface area contributed by atoms with Crippen molar-refractivity contribution in [2.45, 2.75) is 27.4 Å². The fourth-order valence-electron chi connectivity index (χ4n) is 4.07. The molecule has 4 rings (SSSR count). The fraction of sp³-hybridized carbons (Fsp3) is 0.206. The lowest BCUT2D eigenvalue weighted by Crippen LogP contribution is -2.20. The molecule has 0 aliphatic carbocycles. The molecule has 0 fully saturated rings. The molecule has 4 aromatic carbocycles. The van der Waals surface area contributed by atoms with Gasteiger partial charge in [-0.2, -0.15) is 5.10 Å². The third-order valence-corrected chi connectivity index (χ3v) is 7.47. The Labute approximate surface area is 281 Å². The quantitative estimate of drug-likeness (QED) is 0.0793. The Bertz CT molecular complexity index is 1670. The normalized spacial score (nSPS) is 10.8. The molecular weight excluding hydrogens is 709 g/mol. The van der Waals surface area contributed by atoms with Crippen LogP contribution in [0, 0.1) is 10.5 Å². The fourth-order valence-corrected chi connectivity index (χ4v) is 5.03. The van der Waals surface area contributed by atoms with Gasteiger partial charge in [-0.25, -0.2) is 5.43 Å². The molecule has 0 aliphatic heterocycles. The van der Waals surface area contributed by atoms with Gasteiger partial charge in [0.15, 0.2) is 29.6 Å². The van der Waals surface area contributed by atoms with Crippen LogP contribution in [0.4, 0.5) is 5.69 Å². The highest BCUT2D eigenvalue weighted by Gasteiger charge is 2.15. The lowest BCUT2D eigenvalue weighted by molar-refractivity contribution is -0.118. The molecule has 0 saturated carbocycles. The van der Waals surface area contributed by atoms with Gasteiger partial charge in [0, 0.05) is 16.3 Å². The third-order valence-electron chi connectivity index (χ3n) is 6.26. The lowest BCUT2D eigenvalue weighted by Gasteiger charge is -2.15. The molecule has 11 heteroatoms. The van der Waals surface area contributed by atoms with E-state index in [0.29, 0.717) is 68.2 Å². The van der Waals surface area contributed by atoms with Crippen molar-refractivity contribution in [3.8, 4) is 23.0 Å². The molecule has 0 bridgehead atoms. The van der Waals surface area contributed by atoms with Crippen molar-refractivity contribution >= 4 is 57.9 Å². The number of nitrogens with zero attached hydrogens (tertiary/aromatic N) is 1. The first-order chi connectivity index (χ1) is 21.8. The Morgan fingerprint density at radius 3 is 2.36 bits per heavy atom. The molecule has 2 N–H and O–H groups in total. The molecule has 9 nitrogen and oxygen atoms in total. The number of halogens is 2. The van der Waals surface area contributed by atoms with E-state index in [-0.39, 0.29) is 12.5 Å². The standard InChI is InChI=1S/C34H33ClIN3O6/c1-4-42-30-17-25(12-14-29(30)44-20-23-9-7-6-8-10-23)34(41)39-37-19-24-15-28(36)33(31(16-24)43-5-2)45-21-32(40)38-26-13-11-22(3)27(35)18-26/h6-19H,4-5,20-21H2,1-3H3,(H,38,40)(H,39,41)/b37-19+. The zero-order chi connectivity index (χ0) is 32.2. The summed E-state index contributed by atoms with van der Waals surface area (Å²) in [4.78, 5) is 25.4. The summed E-state index contributed by atoms with van der Waals surface area (Å²) in [6.07, 6.45) is 1.50. The van der Waals surface area contributed by atoms with Crippen molar-refractivity contribution in [2.75, 3.05) is 25.1 Å². The molecule has 45 heavy (non-hydrogen) atoms. The van der Waals surface area contributed by atoms with Crippen LogP contribution in [0.5, 0.6) is 23.0 Å². The highest BCUT2D eigenvalue weighted by molar-refractivity contribution is 14.1. The number of nitrogens with one attached hydrogen (secondary N) is 2. The predicted molar refractivity (Wildman–Crippen MR) is 184 cm³/mol. The van der Waals surface area contributed by atoms with E-state index in [1.807, 2.05) is 57.2 Å². The minimum Gasteiger partial charge on any atom is -0.490 e. The Balaban J connectivity index is 1.39. The highest BCUT2D eigenvalue weighted by atomic mass is 127. The molecule has 0 aromatic heterocycles. The van der Waals surface area contributed by atoms with Crippen LogP contribution in [0.1, 0.15) is 40.9 Å². The van der Waals surface area contributed by atoms with Crippen molar-refractivity contribution in [3.63, 3.8) is 0 Å². The molecule has 0 spiro atoms. The topological polar surface area (TPSA) is 107 Å². The van der Waals surface area contributed by atoms with Crippen molar-refractivity contribution in [2.24, 2.45) is 5.10 Å². The van der Waals surface area contributed by atoms with Gasteiger partial charge in [0.25, 0.3) is 11.8 Å². The van der Waals surface area contributed by atoms with Gasteiger partial charge in [-0.15, -0.1) is 0 Å². The van der Waals surface area contributed by atoms with E-state index < -0.39 is 5.91 Å². The maximum absolute atomic E-state index is 12.9. The van der Waals surface area contributed by atoms with Crippen LogP contribution in [0.15, 0.2) is 84.0 Å². The van der Waals surface area contributed by atoms with E-state index >= 15 is 0 Å². The minimum atomic E-state index is -0.414. The summed E-state index contributed by atoms with van der Waals surface area (Å²) in [7, 11) is 0. The van der Waals surface area contributed by atoms with Crippen LogP contribution >= 0.6 is 34.2 Å². The maximum Gasteiger partial charge on any atom is 0.271 e. The van der Waals surface area contributed by atoms with Gasteiger partial charge in [0.1, 0.15) is 6.61 Å². The van der Waals surface area contributed by atoms with E-state index in [0.717, 1.165) is 11.1 Å². The Hall–Kier alpha value is -4.29. The number of ether oxygens (including phenoxy) is 4.